The second-order valence-electron chi connectivity index (χ2n) is 6.26. The fourth-order valence-electron chi connectivity index (χ4n) is 3.19. The number of rotatable bonds is 5. The molecule has 0 radical (unpaired) electrons. The Balaban J connectivity index is 0.000000758. The van der Waals surface area contributed by atoms with Gasteiger partial charge in [-0.3, -0.25) is 0 Å². The Morgan fingerprint density at radius 2 is 1.77 bits per heavy atom. The number of nitrogens with zero attached hydrogens (tertiary/aromatic N) is 2. The maximum atomic E-state index is 13.3. The summed E-state index contributed by atoms with van der Waals surface area (Å²) in [5, 5.41) is 7.89. The van der Waals surface area contributed by atoms with Gasteiger partial charge in [0, 0.05) is 11.1 Å². The number of hydrogen-bond acceptors (Lipinski definition) is 5. The molecule has 0 aliphatic carbocycles. The number of benzene rings is 2. The highest BCUT2D eigenvalue weighted by molar-refractivity contribution is 5.95. The van der Waals surface area contributed by atoms with E-state index < -0.39 is 5.60 Å². The van der Waals surface area contributed by atoms with E-state index in [0.717, 1.165) is 24.1 Å². The molecule has 2 aromatic rings. The van der Waals surface area contributed by atoms with Crippen LogP contribution in [0.5, 0.6) is 0 Å². The number of cyclic esters (lactones) is 1. The molecule has 7 heteroatoms. The van der Waals surface area contributed by atoms with Crippen LogP contribution in [-0.4, -0.2) is 36.7 Å². The van der Waals surface area contributed by atoms with Crippen LogP contribution in [0, 0.1) is 10.7 Å². The van der Waals surface area contributed by atoms with Crippen LogP contribution in [0.2, 0.25) is 0 Å². The average molecular weight is 360 g/mol. The van der Waals surface area contributed by atoms with Crippen LogP contribution >= 0.6 is 0 Å². The molecule has 0 bridgehead atoms. The number of esters is 1. The highest BCUT2D eigenvalue weighted by atomic mass is 19.1. The van der Waals surface area contributed by atoms with E-state index in [2.05, 4.69) is 4.90 Å². The van der Waals surface area contributed by atoms with Gasteiger partial charge in [0.15, 0.2) is 10.9 Å². The summed E-state index contributed by atoms with van der Waals surface area (Å²) in [6.45, 7) is 0.892. The van der Waals surface area contributed by atoms with E-state index in [4.69, 9.17) is 14.9 Å². The van der Waals surface area contributed by atoms with Crippen molar-refractivity contribution >= 4 is 5.97 Å². The second-order valence-corrected chi connectivity index (χ2v) is 6.26. The molecule has 138 valence electrons. The Kier molecular flexibility index (Phi) is 6.41. The van der Waals surface area contributed by atoms with Gasteiger partial charge in [-0.05, 0) is 51.7 Å². The van der Waals surface area contributed by atoms with E-state index in [-0.39, 0.29) is 11.8 Å². The van der Waals surface area contributed by atoms with Crippen molar-refractivity contribution in [1.29, 1.82) is 0 Å². The molecular formula is C19H21FN2O4. The summed E-state index contributed by atoms with van der Waals surface area (Å²) in [5.74, 6) is -0.607. The molecule has 1 atom stereocenters. The molecule has 0 saturated carbocycles. The Hall–Kier alpha value is -2.80. The topological polar surface area (TPSA) is 79.2 Å². The summed E-state index contributed by atoms with van der Waals surface area (Å²) in [4.78, 5) is 22.5. The SMILES string of the molecule is CN(C)CCCC1(c2ccc(F)cc2)OC(=O)c2ccccc21.O=NO. The summed E-state index contributed by atoms with van der Waals surface area (Å²) >= 11 is 0. The molecule has 1 N–H and O–H groups in total. The van der Waals surface area contributed by atoms with Gasteiger partial charge in [-0.2, -0.15) is 0 Å². The molecule has 0 aromatic heterocycles. The molecule has 3 rings (SSSR count). The molecule has 0 saturated heterocycles. The number of hydrogen-bond donors (Lipinski definition) is 1. The lowest BCUT2D eigenvalue weighted by atomic mass is 9.82. The molecule has 1 aliphatic rings. The third kappa shape index (κ3) is 4.05. The molecule has 6 nitrogen and oxygen atoms in total. The van der Waals surface area contributed by atoms with Crippen LogP contribution in [0.1, 0.15) is 34.3 Å². The van der Waals surface area contributed by atoms with Crippen LogP contribution in [0.15, 0.2) is 53.9 Å². The van der Waals surface area contributed by atoms with E-state index in [9.17, 15) is 9.18 Å². The Morgan fingerprint density at radius 3 is 2.38 bits per heavy atom. The van der Waals surface area contributed by atoms with E-state index in [1.807, 2.05) is 32.3 Å². The predicted octanol–water partition coefficient (Wildman–Crippen LogP) is 3.72. The van der Waals surface area contributed by atoms with Gasteiger partial charge in [0.1, 0.15) is 5.82 Å². The minimum absolute atomic E-state index is 0.296. The molecular weight excluding hydrogens is 339 g/mol. The van der Waals surface area contributed by atoms with E-state index in [1.54, 1.807) is 18.2 Å². The quantitative estimate of drug-likeness (QED) is 0.499. The third-order valence-corrected chi connectivity index (χ3v) is 4.29. The van der Waals surface area contributed by atoms with Crippen LogP contribution in [-0.2, 0) is 10.3 Å². The van der Waals surface area contributed by atoms with E-state index in [1.165, 1.54) is 17.5 Å². The van der Waals surface area contributed by atoms with Gasteiger partial charge < -0.3 is 14.8 Å². The predicted molar refractivity (Wildman–Crippen MR) is 94.4 cm³/mol. The van der Waals surface area contributed by atoms with Crippen molar-refractivity contribution in [1.82, 2.24) is 4.90 Å². The first kappa shape index (κ1) is 19.5. The standard InChI is InChI=1S/C19H20FNO2.HNO2/c1-21(2)13-5-12-19(14-8-10-15(20)11-9-14)17-7-4-3-6-16(17)18(22)23-19;2-1-3/h3-4,6-11H,5,12-13H2,1-2H3;(H,2,3). The Bertz CT molecular complexity index is 764. The van der Waals surface area contributed by atoms with Crippen LogP contribution in [0.4, 0.5) is 4.39 Å². The second kappa shape index (κ2) is 8.53. The van der Waals surface area contributed by atoms with Gasteiger partial charge in [-0.25, -0.2) is 9.18 Å². The number of halogens is 1. The van der Waals surface area contributed by atoms with Crippen molar-refractivity contribution in [2.45, 2.75) is 18.4 Å². The summed E-state index contributed by atoms with van der Waals surface area (Å²) in [5.41, 5.74) is 1.46. The molecule has 1 aliphatic heterocycles. The molecule has 0 amide bonds. The van der Waals surface area contributed by atoms with E-state index >= 15 is 0 Å². The molecule has 0 spiro atoms. The largest absolute Gasteiger partial charge is 0.446 e. The van der Waals surface area contributed by atoms with Crippen LogP contribution in [0.25, 0.3) is 0 Å². The summed E-state index contributed by atoms with van der Waals surface area (Å²) in [7, 11) is 4.03. The lowest BCUT2D eigenvalue weighted by Crippen LogP contribution is -2.29. The molecule has 1 heterocycles. The zero-order valence-corrected chi connectivity index (χ0v) is 14.7. The van der Waals surface area contributed by atoms with Crippen LogP contribution in [0.3, 0.4) is 0 Å². The third-order valence-electron chi connectivity index (χ3n) is 4.29. The number of carbonyl (C=O) groups is 1. The van der Waals surface area contributed by atoms with Gasteiger partial charge in [0.25, 0.3) is 0 Å². The van der Waals surface area contributed by atoms with Gasteiger partial charge >= 0.3 is 5.97 Å². The van der Waals surface area contributed by atoms with Gasteiger partial charge in [0.2, 0.25) is 0 Å². The van der Waals surface area contributed by atoms with Crippen LogP contribution < -0.4 is 0 Å². The summed E-state index contributed by atoms with van der Waals surface area (Å²) in [6, 6.07) is 13.7. The zero-order chi connectivity index (χ0) is 19.2. The normalized spacial score (nSPS) is 17.9. The van der Waals surface area contributed by atoms with Crippen molar-refractivity contribution < 1.29 is 19.1 Å². The molecule has 2 aromatic carbocycles. The smallest absolute Gasteiger partial charge is 0.339 e. The molecule has 1 unspecified atom stereocenters. The lowest BCUT2D eigenvalue weighted by molar-refractivity contribution is 0.00582. The van der Waals surface area contributed by atoms with Crippen molar-refractivity contribution in [3.63, 3.8) is 0 Å². The molecule has 0 fully saturated rings. The van der Waals surface area contributed by atoms with Crippen molar-refractivity contribution in [3.8, 4) is 0 Å². The Morgan fingerprint density at radius 1 is 1.15 bits per heavy atom. The fourth-order valence-corrected chi connectivity index (χ4v) is 3.19. The fraction of sp³-hybridized carbons (Fsp3) is 0.316. The minimum atomic E-state index is -0.822. The average Bonchev–Trinajstić information content (AvgIpc) is 2.90. The minimum Gasteiger partial charge on any atom is -0.446 e. The number of fused-ring (bicyclic) bond motifs is 1. The highest BCUT2D eigenvalue weighted by Crippen LogP contribution is 2.45. The maximum Gasteiger partial charge on any atom is 0.339 e. The monoisotopic (exact) mass is 360 g/mol. The Labute approximate surface area is 151 Å². The number of ether oxygens (including phenoxy) is 1. The highest BCUT2D eigenvalue weighted by Gasteiger charge is 2.46. The van der Waals surface area contributed by atoms with E-state index in [0.29, 0.717) is 12.0 Å². The maximum absolute atomic E-state index is 13.3. The molecule has 26 heavy (non-hydrogen) atoms. The first-order valence-electron chi connectivity index (χ1n) is 8.15. The summed E-state index contributed by atoms with van der Waals surface area (Å²) < 4.78 is 19.2. The summed E-state index contributed by atoms with van der Waals surface area (Å²) in [6.07, 6.45) is 1.53. The first-order chi connectivity index (χ1) is 12.4. The van der Waals surface area contributed by atoms with Crippen molar-refractivity contribution in [2.24, 2.45) is 5.34 Å². The first-order valence-corrected chi connectivity index (χ1v) is 8.15. The van der Waals surface area contributed by atoms with Gasteiger partial charge in [-0.1, -0.05) is 30.3 Å². The van der Waals surface area contributed by atoms with Gasteiger partial charge in [-0.15, -0.1) is 4.91 Å². The zero-order valence-electron chi connectivity index (χ0n) is 14.7. The lowest BCUT2D eigenvalue weighted by Gasteiger charge is -2.30. The van der Waals surface area contributed by atoms with Crippen molar-refractivity contribution in [2.75, 3.05) is 20.6 Å². The number of carbonyl (C=O) groups excluding carboxylic acids is 1. The van der Waals surface area contributed by atoms with Gasteiger partial charge in [0.05, 0.1) is 5.56 Å². The van der Waals surface area contributed by atoms with Crippen molar-refractivity contribution in [3.05, 3.63) is 75.9 Å².